The van der Waals surface area contributed by atoms with Gasteiger partial charge >= 0.3 is 0 Å². The fourth-order valence-electron chi connectivity index (χ4n) is 3.52. The molecule has 28 heavy (non-hydrogen) atoms. The van der Waals surface area contributed by atoms with E-state index in [9.17, 15) is 4.79 Å². The van der Waals surface area contributed by atoms with Gasteiger partial charge < -0.3 is 4.90 Å². The van der Waals surface area contributed by atoms with E-state index in [0.717, 1.165) is 30.0 Å². The van der Waals surface area contributed by atoms with Gasteiger partial charge in [-0.05, 0) is 36.6 Å². The molecule has 0 fully saturated rings. The summed E-state index contributed by atoms with van der Waals surface area (Å²) in [5.41, 5.74) is 3.67. The Morgan fingerprint density at radius 2 is 1.93 bits per heavy atom. The highest BCUT2D eigenvalue weighted by Crippen LogP contribution is 2.29. The Morgan fingerprint density at radius 1 is 1.18 bits per heavy atom. The molecule has 1 aliphatic heterocycles. The summed E-state index contributed by atoms with van der Waals surface area (Å²) in [4.78, 5) is 21.6. The second-order valence-corrected chi connectivity index (χ2v) is 8.34. The largest absolute Gasteiger partial charge is 0.335 e. The van der Waals surface area contributed by atoms with E-state index in [0.29, 0.717) is 6.54 Å². The number of fused-ring (bicyclic) bond motifs is 1. The molecule has 0 unspecified atom stereocenters. The average Bonchev–Trinajstić information content (AvgIpc) is 3.18. The quantitative estimate of drug-likeness (QED) is 0.637. The Labute approximate surface area is 170 Å². The van der Waals surface area contributed by atoms with Crippen molar-refractivity contribution in [1.82, 2.24) is 14.8 Å². The Kier molecular flexibility index (Phi) is 5.55. The summed E-state index contributed by atoms with van der Waals surface area (Å²) in [7, 11) is 1.88. The first-order valence-electron chi connectivity index (χ1n) is 9.70. The van der Waals surface area contributed by atoms with Gasteiger partial charge in [-0.2, -0.15) is 0 Å². The molecule has 0 spiro atoms. The molecule has 1 aromatic heterocycles. The van der Waals surface area contributed by atoms with Crippen molar-refractivity contribution in [1.29, 1.82) is 0 Å². The molecular formula is C23H25N3OS. The van der Waals surface area contributed by atoms with Crippen LogP contribution < -0.4 is 0 Å². The number of aromatic nitrogens is 1. The van der Waals surface area contributed by atoms with Crippen molar-refractivity contribution in [3.63, 3.8) is 0 Å². The van der Waals surface area contributed by atoms with Crippen LogP contribution in [-0.4, -0.2) is 47.4 Å². The van der Waals surface area contributed by atoms with Gasteiger partial charge in [-0.1, -0.05) is 48.5 Å². The zero-order valence-corrected chi connectivity index (χ0v) is 17.2. The second-order valence-electron chi connectivity index (χ2n) is 7.28. The third kappa shape index (κ3) is 4.01. The first kappa shape index (κ1) is 18.8. The molecule has 0 aliphatic carbocycles. The molecule has 1 aliphatic rings. The summed E-state index contributed by atoms with van der Waals surface area (Å²) in [6, 6.07) is 18.6. The Balaban J connectivity index is 1.37. The fraction of sp³-hybridized carbons (Fsp3) is 0.304. The monoisotopic (exact) mass is 391 g/mol. The van der Waals surface area contributed by atoms with Gasteiger partial charge in [-0.15, -0.1) is 11.3 Å². The summed E-state index contributed by atoms with van der Waals surface area (Å²) in [5, 5.41) is 0.988. The first-order valence-corrected chi connectivity index (χ1v) is 10.5. The molecule has 0 radical (unpaired) electrons. The standard InChI is InChI=1S/C23H25N3OS/c1-17(23-24-20-10-6-7-11-21(20)28-23)25(2)22(27)16-26-14-12-19(13-15-26)18-8-4-3-5-9-18/h3-12,17H,13-16H2,1-2H3/t17-/m1/s1. The number of hydrogen-bond donors (Lipinski definition) is 0. The molecule has 2 heterocycles. The van der Waals surface area contributed by atoms with Crippen LogP contribution in [0.5, 0.6) is 0 Å². The SMILES string of the molecule is C[C@H](c1nc2ccccc2s1)N(C)C(=O)CN1CC=C(c2ccccc2)CC1. The summed E-state index contributed by atoms with van der Waals surface area (Å²) in [6.45, 7) is 4.23. The van der Waals surface area contributed by atoms with Crippen molar-refractivity contribution in [3.05, 3.63) is 71.2 Å². The van der Waals surface area contributed by atoms with E-state index >= 15 is 0 Å². The number of hydrogen-bond acceptors (Lipinski definition) is 4. The van der Waals surface area contributed by atoms with Gasteiger partial charge in [0.05, 0.1) is 22.8 Å². The van der Waals surface area contributed by atoms with Crippen LogP contribution in [0.2, 0.25) is 0 Å². The van der Waals surface area contributed by atoms with Crippen molar-refractivity contribution in [3.8, 4) is 0 Å². The van der Waals surface area contributed by atoms with E-state index in [1.807, 2.05) is 36.2 Å². The lowest BCUT2D eigenvalue weighted by Gasteiger charge is -2.29. The third-order valence-electron chi connectivity index (χ3n) is 5.44. The molecule has 0 bridgehead atoms. The zero-order valence-electron chi connectivity index (χ0n) is 16.3. The molecule has 144 valence electrons. The van der Waals surface area contributed by atoms with Gasteiger partial charge in [-0.25, -0.2) is 4.98 Å². The van der Waals surface area contributed by atoms with E-state index in [2.05, 4.69) is 48.2 Å². The molecule has 4 nitrogen and oxygen atoms in total. The lowest BCUT2D eigenvalue weighted by molar-refractivity contribution is -0.132. The minimum atomic E-state index is -0.0230. The molecule has 4 rings (SSSR count). The molecule has 2 aromatic carbocycles. The van der Waals surface area contributed by atoms with Crippen LogP contribution in [0.3, 0.4) is 0 Å². The van der Waals surface area contributed by atoms with Crippen LogP contribution in [-0.2, 0) is 4.79 Å². The fourth-order valence-corrected chi connectivity index (χ4v) is 4.59. The van der Waals surface area contributed by atoms with Gasteiger partial charge in [0.2, 0.25) is 5.91 Å². The lowest BCUT2D eigenvalue weighted by atomic mass is 9.99. The number of rotatable bonds is 5. The van der Waals surface area contributed by atoms with Gasteiger partial charge in [0.25, 0.3) is 0 Å². The maximum absolute atomic E-state index is 12.8. The van der Waals surface area contributed by atoms with Crippen molar-refractivity contribution in [2.45, 2.75) is 19.4 Å². The first-order chi connectivity index (χ1) is 13.6. The normalized spacial score (nSPS) is 16.0. The number of carbonyl (C=O) groups is 1. The molecule has 0 saturated heterocycles. The molecule has 1 atom stereocenters. The van der Waals surface area contributed by atoms with Crippen molar-refractivity contribution >= 4 is 33.0 Å². The summed E-state index contributed by atoms with van der Waals surface area (Å²) < 4.78 is 1.17. The molecule has 0 saturated carbocycles. The zero-order chi connectivity index (χ0) is 19.5. The lowest BCUT2D eigenvalue weighted by Crippen LogP contribution is -2.41. The van der Waals surface area contributed by atoms with E-state index in [1.165, 1.54) is 15.8 Å². The Bertz CT molecular complexity index is 962. The van der Waals surface area contributed by atoms with Gasteiger partial charge in [0.15, 0.2) is 0 Å². The number of para-hydroxylation sites is 1. The van der Waals surface area contributed by atoms with Crippen LogP contribution in [0.1, 0.15) is 30.0 Å². The maximum Gasteiger partial charge on any atom is 0.237 e. The van der Waals surface area contributed by atoms with Crippen molar-refractivity contribution in [2.24, 2.45) is 0 Å². The predicted molar refractivity (Wildman–Crippen MR) is 116 cm³/mol. The van der Waals surface area contributed by atoms with Crippen molar-refractivity contribution < 1.29 is 4.79 Å². The summed E-state index contributed by atoms with van der Waals surface area (Å²) >= 11 is 1.67. The number of likely N-dealkylation sites (N-methyl/N-ethyl adjacent to an activating group) is 1. The Morgan fingerprint density at radius 3 is 2.64 bits per heavy atom. The van der Waals surface area contributed by atoms with E-state index in [4.69, 9.17) is 4.98 Å². The third-order valence-corrected chi connectivity index (χ3v) is 6.65. The number of thiazole rings is 1. The predicted octanol–water partition coefficient (Wildman–Crippen LogP) is 4.61. The number of amides is 1. The van der Waals surface area contributed by atoms with Crippen LogP contribution in [0.4, 0.5) is 0 Å². The van der Waals surface area contributed by atoms with Crippen LogP contribution in [0.25, 0.3) is 15.8 Å². The van der Waals surface area contributed by atoms with E-state index < -0.39 is 0 Å². The minimum absolute atomic E-state index is 0.0230. The highest BCUT2D eigenvalue weighted by Gasteiger charge is 2.23. The molecule has 3 aromatic rings. The topological polar surface area (TPSA) is 36.4 Å². The van der Waals surface area contributed by atoms with E-state index in [1.54, 1.807) is 11.3 Å². The second kappa shape index (κ2) is 8.25. The van der Waals surface area contributed by atoms with E-state index in [-0.39, 0.29) is 11.9 Å². The smallest absolute Gasteiger partial charge is 0.237 e. The maximum atomic E-state index is 12.8. The number of nitrogens with zero attached hydrogens (tertiary/aromatic N) is 3. The molecule has 0 N–H and O–H groups in total. The van der Waals surface area contributed by atoms with Crippen LogP contribution in [0.15, 0.2) is 60.7 Å². The van der Waals surface area contributed by atoms with Crippen molar-refractivity contribution in [2.75, 3.05) is 26.7 Å². The summed E-state index contributed by atoms with van der Waals surface area (Å²) in [6.07, 6.45) is 3.23. The number of carbonyl (C=O) groups excluding carboxylic acids is 1. The highest BCUT2D eigenvalue weighted by atomic mass is 32.1. The van der Waals surface area contributed by atoms with Gasteiger partial charge in [-0.3, -0.25) is 9.69 Å². The summed E-state index contributed by atoms with van der Waals surface area (Å²) in [5.74, 6) is 0.142. The minimum Gasteiger partial charge on any atom is -0.335 e. The molecular weight excluding hydrogens is 366 g/mol. The van der Waals surface area contributed by atoms with Crippen LogP contribution in [0, 0.1) is 0 Å². The van der Waals surface area contributed by atoms with Crippen LogP contribution >= 0.6 is 11.3 Å². The Hall–Kier alpha value is -2.50. The van der Waals surface area contributed by atoms with Gasteiger partial charge in [0, 0.05) is 20.1 Å². The highest BCUT2D eigenvalue weighted by molar-refractivity contribution is 7.18. The van der Waals surface area contributed by atoms with Gasteiger partial charge in [0.1, 0.15) is 5.01 Å². The number of benzene rings is 2. The molecule has 5 heteroatoms. The molecule has 1 amide bonds. The average molecular weight is 392 g/mol.